The lowest BCUT2D eigenvalue weighted by Gasteiger charge is -2.11. The molecule has 1 fully saturated rings. The summed E-state index contributed by atoms with van der Waals surface area (Å²) in [6.45, 7) is 3.99. The largest absolute Gasteiger partial charge is 0.490 e. The minimum absolute atomic E-state index is 0.292. The second-order valence-electron chi connectivity index (χ2n) is 3.97. The monoisotopic (exact) mass is 210 g/mol. The smallest absolute Gasteiger partial charge is 0.165 e. The molecule has 1 aromatic carbocycles. The predicted molar refractivity (Wildman–Crippen MR) is 55.6 cm³/mol. The highest BCUT2D eigenvalue weighted by atomic mass is 19.1. The third-order valence-electron chi connectivity index (χ3n) is 2.59. The van der Waals surface area contributed by atoms with E-state index in [0.29, 0.717) is 18.3 Å². The van der Waals surface area contributed by atoms with E-state index in [9.17, 15) is 4.39 Å². The van der Waals surface area contributed by atoms with Crippen molar-refractivity contribution in [1.29, 1.82) is 0 Å². The molecule has 0 aromatic heterocycles. The zero-order chi connectivity index (χ0) is 10.7. The maximum Gasteiger partial charge on any atom is 0.165 e. The maximum atomic E-state index is 13.3. The molecule has 1 aliphatic heterocycles. The van der Waals surface area contributed by atoms with Crippen LogP contribution in [0.25, 0.3) is 0 Å². The fourth-order valence-corrected chi connectivity index (χ4v) is 1.64. The number of rotatable bonds is 3. The molecule has 2 rings (SSSR count). The SMILES string of the molecule is Cc1ccc(F)c(OCC2CCOC2)c1. The molecule has 1 aliphatic rings. The molecule has 0 radical (unpaired) electrons. The van der Waals surface area contributed by atoms with E-state index < -0.39 is 0 Å². The lowest BCUT2D eigenvalue weighted by Crippen LogP contribution is -2.12. The third-order valence-corrected chi connectivity index (χ3v) is 2.59. The Morgan fingerprint density at radius 1 is 1.53 bits per heavy atom. The molecule has 3 heteroatoms. The molecule has 1 saturated heterocycles. The summed E-state index contributed by atoms with van der Waals surface area (Å²) in [6, 6.07) is 4.90. The highest BCUT2D eigenvalue weighted by Gasteiger charge is 2.16. The van der Waals surface area contributed by atoms with Gasteiger partial charge in [-0.15, -0.1) is 0 Å². The Labute approximate surface area is 89.0 Å². The molecular formula is C12H15FO2. The van der Waals surface area contributed by atoms with Crippen LogP contribution in [0, 0.1) is 18.7 Å². The van der Waals surface area contributed by atoms with E-state index in [1.54, 1.807) is 12.1 Å². The Balaban J connectivity index is 1.94. The molecule has 1 aromatic rings. The van der Waals surface area contributed by atoms with Gasteiger partial charge in [-0.05, 0) is 31.0 Å². The highest BCUT2D eigenvalue weighted by Crippen LogP contribution is 2.20. The molecule has 1 heterocycles. The molecule has 82 valence electrons. The van der Waals surface area contributed by atoms with Crippen molar-refractivity contribution in [1.82, 2.24) is 0 Å². The topological polar surface area (TPSA) is 18.5 Å². The van der Waals surface area contributed by atoms with Gasteiger partial charge in [-0.25, -0.2) is 4.39 Å². The van der Waals surface area contributed by atoms with Crippen LogP contribution in [0.2, 0.25) is 0 Å². The second kappa shape index (κ2) is 4.62. The van der Waals surface area contributed by atoms with E-state index in [-0.39, 0.29) is 5.82 Å². The highest BCUT2D eigenvalue weighted by molar-refractivity contribution is 5.29. The fourth-order valence-electron chi connectivity index (χ4n) is 1.64. The molecule has 0 spiro atoms. The lowest BCUT2D eigenvalue weighted by molar-refractivity contribution is 0.165. The first-order chi connectivity index (χ1) is 7.25. The summed E-state index contributed by atoms with van der Waals surface area (Å²) in [7, 11) is 0. The van der Waals surface area contributed by atoms with Crippen LogP contribution in [0.3, 0.4) is 0 Å². The molecule has 15 heavy (non-hydrogen) atoms. The first-order valence-electron chi connectivity index (χ1n) is 5.22. The van der Waals surface area contributed by atoms with Crippen LogP contribution in [0.1, 0.15) is 12.0 Å². The Morgan fingerprint density at radius 3 is 3.13 bits per heavy atom. The fraction of sp³-hybridized carbons (Fsp3) is 0.500. The molecular weight excluding hydrogens is 195 g/mol. The number of hydrogen-bond acceptors (Lipinski definition) is 2. The Morgan fingerprint density at radius 2 is 2.40 bits per heavy atom. The zero-order valence-electron chi connectivity index (χ0n) is 8.83. The molecule has 2 nitrogen and oxygen atoms in total. The summed E-state index contributed by atoms with van der Waals surface area (Å²) < 4.78 is 24.0. The Kier molecular flexibility index (Phi) is 3.21. The Bertz CT molecular complexity index is 332. The molecule has 1 atom stereocenters. The van der Waals surface area contributed by atoms with E-state index >= 15 is 0 Å². The van der Waals surface area contributed by atoms with Gasteiger partial charge in [-0.1, -0.05) is 6.07 Å². The summed E-state index contributed by atoms with van der Waals surface area (Å²) >= 11 is 0. The summed E-state index contributed by atoms with van der Waals surface area (Å²) in [4.78, 5) is 0. The molecule has 0 saturated carbocycles. The molecule has 1 unspecified atom stereocenters. The van der Waals surface area contributed by atoms with E-state index in [2.05, 4.69) is 0 Å². The zero-order valence-corrected chi connectivity index (χ0v) is 8.83. The van der Waals surface area contributed by atoms with Crippen molar-refractivity contribution in [3.05, 3.63) is 29.6 Å². The van der Waals surface area contributed by atoms with Crippen molar-refractivity contribution in [3.63, 3.8) is 0 Å². The van der Waals surface area contributed by atoms with Gasteiger partial charge in [0.1, 0.15) is 0 Å². The normalized spacial score (nSPS) is 20.5. The van der Waals surface area contributed by atoms with Gasteiger partial charge >= 0.3 is 0 Å². The third kappa shape index (κ3) is 2.69. The van der Waals surface area contributed by atoms with Gasteiger partial charge in [-0.2, -0.15) is 0 Å². The van der Waals surface area contributed by atoms with Crippen LogP contribution >= 0.6 is 0 Å². The summed E-state index contributed by atoms with van der Waals surface area (Å²) in [6.07, 6.45) is 1.01. The minimum Gasteiger partial charge on any atom is -0.490 e. The van der Waals surface area contributed by atoms with Gasteiger partial charge in [0.25, 0.3) is 0 Å². The van der Waals surface area contributed by atoms with Gasteiger partial charge in [0, 0.05) is 12.5 Å². The van der Waals surface area contributed by atoms with Gasteiger partial charge < -0.3 is 9.47 Å². The molecule has 0 bridgehead atoms. The number of aryl methyl sites for hydroxylation is 1. The molecule has 0 N–H and O–H groups in total. The van der Waals surface area contributed by atoms with Gasteiger partial charge in [0.2, 0.25) is 0 Å². The van der Waals surface area contributed by atoms with Crippen LogP contribution < -0.4 is 4.74 Å². The average molecular weight is 210 g/mol. The number of halogens is 1. The lowest BCUT2D eigenvalue weighted by atomic mass is 10.1. The number of ether oxygens (including phenoxy) is 2. The summed E-state index contributed by atoms with van der Waals surface area (Å²) in [5.74, 6) is 0.464. The van der Waals surface area contributed by atoms with Crippen molar-refractivity contribution in [2.45, 2.75) is 13.3 Å². The quantitative estimate of drug-likeness (QED) is 0.763. The van der Waals surface area contributed by atoms with Gasteiger partial charge in [0.05, 0.1) is 13.2 Å². The van der Waals surface area contributed by atoms with Gasteiger partial charge in [0.15, 0.2) is 11.6 Å². The van der Waals surface area contributed by atoms with Crippen LogP contribution in [0.15, 0.2) is 18.2 Å². The average Bonchev–Trinajstić information content (AvgIpc) is 2.72. The standard InChI is InChI=1S/C12H15FO2/c1-9-2-3-11(13)12(6-9)15-8-10-4-5-14-7-10/h2-3,6,10H,4-5,7-8H2,1H3. The van der Waals surface area contributed by atoms with Crippen molar-refractivity contribution in [2.75, 3.05) is 19.8 Å². The summed E-state index contributed by atoms with van der Waals surface area (Å²) in [5.41, 5.74) is 1.01. The van der Waals surface area contributed by atoms with E-state index in [1.807, 2.05) is 6.92 Å². The maximum absolute atomic E-state index is 13.3. The number of benzene rings is 1. The van der Waals surface area contributed by atoms with Gasteiger partial charge in [-0.3, -0.25) is 0 Å². The van der Waals surface area contributed by atoms with Crippen LogP contribution in [0.4, 0.5) is 4.39 Å². The van der Waals surface area contributed by atoms with Crippen LogP contribution in [-0.2, 0) is 4.74 Å². The first-order valence-corrected chi connectivity index (χ1v) is 5.22. The van der Waals surface area contributed by atoms with Crippen molar-refractivity contribution >= 4 is 0 Å². The van der Waals surface area contributed by atoms with Crippen molar-refractivity contribution < 1.29 is 13.9 Å². The number of hydrogen-bond donors (Lipinski definition) is 0. The Hall–Kier alpha value is -1.09. The first kappa shape index (κ1) is 10.4. The van der Waals surface area contributed by atoms with E-state index in [1.165, 1.54) is 6.07 Å². The minimum atomic E-state index is -0.292. The van der Waals surface area contributed by atoms with E-state index in [0.717, 1.165) is 25.2 Å². The van der Waals surface area contributed by atoms with Crippen molar-refractivity contribution in [2.24, 2.45) is 5.92 Å². The second-order valence-corrected chi connectivity index (χ2v) is 3.97. The van der Waals surface area contributed by atoms with E-state index in [4.69, 9.17) is 9.47 Å². The molecule has 0 amide bonds. The predicted octanol–water partition coefficient (Wildman–Crippen LogP) is 2.55. The van der Waals surface area contributed by atoms with Crippen LogP contribution in [0.5, 0.6) is 5.75 Å². The van der Waals surface area contributed by atoms with Crippen LogP contribution in [-0.4, -0.2) is 19.8 Å². The van der Waals surface area contributed by atoms with Crippen molar-refractivity contribution in [3.8, 4) is 5.75 Å². The summed E-state index contributed by atoms with van der Waals surface area (Å²) in [5, 5.41) is 0. The molecule has 0 aliphatic carbocycles.